The fourth-order valence-corrected chi connectivity index (χ4v) is 2.60. The summed E-state index contributed by atoms with van der Waals surface area (Å²) in [6.45, 7) is 3.04. The summed E-state index contributed by atoms with van der Waals surface area (Å²) in [5.41, 5.74) is 2.26. The van der Waals surface area contributed by atoms with Crippen LogP contribution in [-0.2, 0) is 9.53 Å². The Morgan fingerprint density at radius 2 is 2.00 bits per heavy atom. The predicted molar refractivity (Wildman–Crippen MR) is 78.8 cm³/mol. The first kappa shape index (κ1) is 16.0. The molecule has 106 valence electrons. The van der Waals surface area contributed by atoms with Crippen LogP contribution in [0.15, 0.2) is 24.3 Å². The minimum absolute atomic E-state index is 0. The number of carbonyl (C=O) groups excluding carboxylic acids is 1. The number of carbonyl (C=O) groups is 1. The molecule has 1 aromatic rings. The quantitative estimate of drug-likeness (QED) is 0.867. The van der Waals surface area contributed by atoms with Crippen molar-refractivity contribution >= 4 is 18.4 Å². The smallest absolute Gasteiger partial charge is 0.314 e. The molecule has 0 saturated carbocycles. The molecule has 2 rings (SSSR count). The van der Waals surface area contributed by atoms with Gasteiger partial charge in [-0.15, -0.1) is 12.4 Å². The van der Waals surface area contributed by atoms with Gasteiger partial charge in [-0.3, -0.25) is 4.79 Å². The van der Waals surface area contributed by atoms with Crippen LogP contribution in [-0.4, -0.2) is 25.7 Å². The van der Waals surface area contributed by atoms with Gasteiger partial charge in [0.25, 0.3) is 0 Å². The molecule has 0 spiro atoms. The van der Waals surface area contributed by atoms with Crippen LogP contribution in [0.2, 0.25) is 0 Å². The largest absolute Gasteiger partial charge is 0.469 e. The maximum atomic E-state index is 12.0. The Labute approximate surface area is 121 Å². The molecule has 1 N–H and O–H groups in total. The van der Waals surface area contributed by atoms with Gasteiger partial charge in [-0.05, 0) is 31.9 Å². The van der Waals surface area contributed by atoms with E-state index in [1.807, 2.05) is 24.3 Å². The lowest BCUT2D eigenvalue weighted by molar-refractivity contribution is -0.143. The van der Waals surface area contributed by atoms with Crippen molar-refractivity contribution in [3.63, 3.8) is 0 Å². The van der Waals surface area contributed by atoms with Gasteiger partial charge in [0.1, 0.15) is 0 Å². The van der Waals surface area contributed by atoms with E-state index in [2.05, 4.69) is 12.2 Å². The molecule has 0 bridgehead atoms. The summed E-state index contributed by atoms with van der Waals surface area (Å²) in [6, 6.07) is 8.37. The third-order valence-electron chi connectivity index (χ3n) is 3.64. The Bertz CT molecular complexity index is 399. The number of hydrogen-bond donors (Lipinski definition) is 1. The van der Waals surface area contributed by atoms with E-state index in [1.54, 1.807) is 0 Å². The molecule has 1 saturated heterocycles. The minimum Gasteiger partial charge on any atom is -0.469 e. The second-order valence-corrected chi connectivity index (χ2v) is 4.97. The number of esters is 1. The Kier molecular flexibility index (Phi) is 6.32. The number of nitrogens with one attached hydrogen (secondary N) is 1. The maximum Gasteiger partial charge on any atom is 0.314 e. The first-order valence-electron chi connectivity index (χ1n) is 6.60. The second kappa shape index (κ2) is 7.51. The zero-order chi connectivity index (χ0) is 13.0. The molecule has 2 atom stereocenters. The highest BCUT2D eigenvalue weighted by Crippen LogP contribution is 2.26. The highest BCUT2D eigenvalue weighted by Gasteiger charge is 2.31. The third kappa shape index (κ3) is 3.95. The van der Waals surface area contributed by atoms with Crippen molar-refractivity contribution in [1.82, 2.24) is 5.32 Å². The van der Waals surface area contributed by atoms with Crippen LogP contribution in [0, 0.1) is 6.92 Å². The van der Waals surface area contributed by atoms with E-state index < -0.39 is 0 Å². The Morgan fingerprint density at radius 1 is 1.32 bits per heavy atom. The first-order chi connectivity index (χ1) is 8.72. The van der Waals surface area contributed by atoms with Gasteiger partial charge in [0, 0.05) is 6.04 Å². The molecular formula is C15H22ClNO2. The number of piperidine rings is 1. The molecule has 1 aliphatic heterocycles. The number of rotatable bonds is 3. The summed E-state index contributed by atoms with van der Waals surface area (Å²) in [7, 11) is 1.46. The number of benzene rings is 1. The number of aryl methyl sites for hydroxylation is 1. The van der Waals surface area contributed by atoms with Crippen LogP contribution in [0.1, 0.15) is 36.3 Å². The van der Waals surface area contributed by atoms with Gasteiger partial charge < -0.3 is 10.1 Å². The molecule has 1 fully saturated rings. The molecule has 0 radical (unpaired) electrons. The van der Waals surface area contributed by atoms with E-state index in [4.69, 9.17) is 4.74 Å². The predicted octanol–water partition coefficient (Wildman–Crippen LogP) is 2.82. The van der Waals surface area contributed by atoms with E-state index >= 15 is 0 Å². The lowest BCUT2D eigenvalue weighted by Crippen LogP contribution is -2.42. The van der Waals surface area contributed by atoms with Crippen LogP contribution in [0.5, 0.6) is 0 Å². The number of halogens is 1. The van der Waals surface area contributed by atoms with E-state index in [1.165, 1.54) is 25.5 Å². The Morgan fingerprint density at radius 3 is 2.53 bits per heavy atom. The second-order valence-electron chi connectivity index (χ2n) is 4.97. The van der Waals surface area contributed by atoms with Gasteiger partial charge in [-0.25, -0.2) is 0 Å². The SMILES string of the molecule is COC(=O)[C@H](c1ccc(C)cc1)[C@H]1CCCCN1.Cl. The molecule has 3 nitrogen and oxygen atoms in total. The lowest BCUT2D eigenvalue weighted by Gasteiger charge is -2.30. The highest BCUT2D eigenvalue weighted by molar-refractivity contribution is 5.85. The fraction of sp³-hybridized carbons (Fsp3) is 0.533. The van der Waals surface area contributed by atoms with E-state index in [-0.39, 0.29) is 30.3 Å². The van der Waals surface area contributed by atoms with E-state index in [9.17, 15) is 4.79 Å². The molecular weight excluding hydrogens is 262 g/mol. The fourth-order valence-electron chi connectivity index (χ4n) is 2.60. The van der Waals surface area contributed by atoms with Crippen LogP contribution in [0.3, 0.4) is 0 Å². The van der Waals surface area contributed by atoms with Gasteiger partial charge in [-0.2, -0.15) is 0 Å². The van der Waals surface area contributed by atoms with Crippen molar-refractivity contribution in [3.8, 4) is 0 Å². The molecule has 1 aliphatic rings. The molecule has 0 unspecified atom stereocenters. The molecule has 1 aromatic carbocycles. The lowest BCUT2D eigenvalue weighted by atomic mass is 9.86. The van der Waals surface area contributed by atoms with Gasteiger partial charge in [0.15, 0.2) is 0 Å². The van der Waals surface area contributed by atoms with Crippen molar-refractivity contribution in [2.45, 2.75) is 38.1 Å². The molecule has 19 heavy (non-hydrogen) atoms. The third-order valence-corrected chi connectivity index (χ3v) is 3.64. The number of hydrogen-bond acceptors (Lipinski definition) is 3. The van der Waals surface area contributed by atoms with Crippen LogP contribution < -0.4 is 5.32 Å². The Hall–Kier alpha value is -1.06. The minimum atomic E-state index is -0.184. The average Bonchev–Trinajstić information content (AvgIpc) is 2.42. The molecule has 0 amide bonds. The van der Waals surface area contributed by atoms with Crippen molar-refractivity contribution in [2.75, 3.05) is 13.7 Å². The highest BCUT2D eigenvalue weighted by atomic mass is 35.5. The van der Waals surface area contributed by atoms with Gasteiger partial charge in [0.2, 0.25) is 0 Å². The van der Waals surface area contributed by atoms with Crippen molar-refractivity contribution in [2.24, 2.45) is 0 Å². The summed E-state index contributed by atoms with van der Waals surface area (Å²) in [4.78, 5) is 12.0. The average molecular weight is 284 g/mol. The standard InChI is InChI=1S/C15H21NO2.ClH/c1-11-6-8-12(9-7-11)14(15(17)18-2)13-5-3-4-10-16-13;/h6-9,13-14,16H,3-5,10H2,1-2H3;1H/t13-,14-;/m1./s1. The summed E-state index contributed by atoms with van der Waals surface area (Å²) in [5.74, 6) is -0.325. The normalized spacial score (nSPS) is 20.2. The van der Waals surface area contributed by atoms with Gasteiger partial charge >= 0.3 is 5.97 Å². The Balaban J connectivity index is 0.00000180. The van der Waals surface area contributed by atoms with Gasteiger partial charge in [0.05, 0.1) is 13.0 Å². The molecule has 0 aliphatic carbocycles. The molecule has 4 heteroatoms. The molecule has 0 aromatic heterocycles. The van der Waals surface area contributed by atoms with Crippen LogP contribution >= 0.6 is 12.4 Å². The van der Waals surface area contributed by atoms with E-state index in [0.717, 1.165) is 18.5 Å². The van der Waals surface area contributed by atoms with Gasteiger partial charge in [-0.1, -0.05) is 36.2 Å². The van der Waals surface area contributed by atoms with Crippen molar-refractivity contribution < 1.29 is 9.53 Å². The van der Waals surface area contributed by atoms with Crippen LogP contribution in [0.4, 0.5) is 0 Å². The van der Waals surface area contributed by atoms with Crippen molar-refractivity contribution in [1.29, 1.82) is 0 Å². The maximum absolute atomic E-state index is 12.0. The summed E-state index contributed by atoms with van der Waals surface area (Å²) < 4.78 is 4.97. The van der Waals surface area contributed by atoms with Crippen molar-refractivity contribution in [3.05, 3.63) is 35.4 Å². The topological polar surface area (TPSA) is 38.3 Å². The summed E-state index contributed by atoms with van der Waals surface area (Å²) >= 11 is 0. The molecule has 1 heterocycles. The van der Waals surface area contributed by atoms with E-state index in [0.29, 0.717) is 0 Å². The van der Waals surface area contributed by atoms with Crippen LogP contribution in [0.25, 0.3) is 0 Å². The zero-order valence-corrected chi connectivity index (χ0v) is 12.3. The monoisotopic (exact) mass is 283 g/mol. The zero-order valence-electron chi connectivity index (χ0n) is 11.5. The first-order valence-corrected chi connectivity index (χ1v) is 6.60. The summed E-state index contributed by atoms with van der Waals surface area (Å²) in [6.07, 6.45) is 3.41. The summed E-state index contributed by atoms with van der Waals surface area (Å²) in [5, 5.41) is 3.45. The number of methoxy groups -OCH3 is 1. The number of ether oxygens (including phenoxy) is 1.